The molecule has 15 heavy (non-hydrogen) atoms. The van der Waals surface area contributed by atoms with Crippen LogP contribution in [0.4, 0.5) is 0 Å². The van der Waals surface area contributed by atoms with Crippen molar-refractivity contribution >= 4 is 32.9 Å². The third-order valence-electron chi connectivity index (χ3n) is 2.06. The molecule has 0 aromatic carbocycles. The Hall–Kier alpha value is -1.63. The molecular weight excluding hydrogens is 266 g/mol. The topological polar surface area (TPSA) is 88.0 Å². The molecule has 2 heterocycles. The van der Waals surface area contributed by atoms with Crippen LogP contribution >= 0.6 is 15.9 Å². The fourth-order valence-corrected chi connectivity index (χ4v) is 1.77. The highest BCUT2D eigenvalue weighted by atomic mass is 79.9. The number of pyridine rings is 1. The van der Waals surface area contributed by atoms with Gasteiger partial charge in [0, 0.05) is 13.1 Å². The number of imidazole rings is 1. The molecule has 0 bridgehead atoms. The van der Waals surface area contributed by atoms with Crippen LogP contribution in [0, 0.1) is 0 Å². The van der Waals surface area contributed by atoms with E-state index >= 15 is 0 Å². The number of hydrogen-bond acceptors (Lipinski definition) is 3. The fourth-order valence-electron chi connectivity index (χ4n) is 1.38. The van der Waals surface area contributed by atoms with Gasteiger partial charge in [0.25, 0.3) is 5.56 Å². The molecule has 7 heteroatoms. The van der Waals surface area contributed by atoms with Crippen LogP contribution in [0.2, 0.25) is 0 Å². The number of aromatic carboxylic acids is 1. The molecule has 0 aliphatic heterocycles. The van der Waals surface area contributed by atoms with Crippen LogP contribution in [-0.4, -0.2) is 25.6 Å². The number of carbonyl (C=O) groups is 1. The number of hydrogen-bond donors (Lipinski definition) is 2. The van der Waals surface area contributed by atoms with Crippen LogP contribution in [0.3, 0.4) is 0 Å². The molecule has 0 aliphatic rings. The van der Waals surface area contributed by atoms with E-state index in [0.29, 0.717) is 10.3 Å². The summed E-state index contributed by atoms with van der Waals surface area (Å²) in [7, 11) is 1.40. The summed E-state index contributed by atoms with van der Waals surface area (Å²) in [6.45, 7) is 0. The first-order chi connectivity index (χ1) is 7.00. The largest absolute Gasteiger partial charge is 0.477 e. The standard InChI is InChI=1S/C8H6BrN3O3/c1-12-4(13)2-3-5(6(12)7(14)15)11-8(9)10-3/h2H,1H3,(H,10,11)(H,14,15). The predicted octanol–water partition coefficient (Wildman–Crippen LogP) is 0.722. The summed E-state index contributed by atoms with van der Waals surface area (Å²) in [4.78, 5) is 29.1. The zero-order chi connectivity index (χ0) is 11.2. The van der Waals surface area contributed by atoms with E-state index in [2.05, 4.69) is 25.9 Å². The summed E-state index contributed by atoms with van der Waals surface area (Å²) in [6.07, 6.45) is 0. The molecule has 6 nitrogen and oxygen atoms in total. The van der Waals surface area contributed by atoms with Crippen molar-refractivity contribution in [1.82, 2.24) is 14.5 Å². The molecule has 0 unspecified atom stereocenters. The number of rotatable bonds is 1. The fraction of sp³-hybridized carbons (Fsp3) is 0.125. The first-order valence-corrected chi connectivity index (χ1v) is 4.78. The Morgan fingerprint density at radius 3 is 2.93 bits per heavy atom. The van der Waals surface area contributed by atoms with Crippen molar-refractivity contribution in [3.63, 3.8) is 0 Å². The molecule has 2 aromatic heterocycles. The maximum Gasteiger partial charge on any atom is 0.354 e. The number of halogens is 1. The van der Waals surface area contributed by atoms with Crippen LogP contribution in [0.1, 0.15) is 10.5 Å². The first kappa shape index (κ1) is 9.91. The molecule has 0 saturated heterocycles. The Morgan fingerprint density at radius 2 is 2.33 bits per heavy atom. The normalized spacial score (nSPS) is 10.8. The molecule has 0 atom stereocenters. The lowest BCUT2D eigenvalue weighted by Gasteiger charge is -2.02. The zero-order valence-electron chi connectivity index (χ0n) is 7.61. The van der Waals surface area contributed by atoms with E-state index in [0.717, 1.165) is 4.57 Å². The number of fused-ring (bicyclic) bond motifs is 1. The minimum absolute atomic E-state index is 0.126. The van der Waals surface area contributed by atoms with Gasteiger partial charge in [0.05, 0.1) is 5.52 Å². The second-order valence-corrected chi connectivity index (χ2v) is 3.74. The van der Waals surface area contributed by atoms with E-state index in [1.165, 1.54) is 13.1 Å². The lowest BCUT2D eigenvalue weighted by molar-refractivity contribution is 0.0687. The van der Waals surface area contributed by atoms with Gasteiger partial charge >= 0.3 is 5.97 Å². The number of aromatic nitrogens is 3. The average Bonchev–Trinajstić information content (AvgIpc) is 2.46. The van der Waals surface area contributed by atoms with Gasteiger partial charge in [-0.05, 0) is 15.9 Å². The molecule has 0 fully saturated rings. The Morgan fingerprint density at radius 1 is 1.67 bits per heavy atom. The van der Waals surface area contributed by atoms with Gasteiger partial charge in [-0.1, -0.05) is 0 Å². The van der Waals surface area contributed by atoms with Gasteiger partial charge in [-0.2, -0.15) is 0 Å². The smallest absolute Gasteiger partial charge is 0.354 e. The van der Waals surface area contributed by atoms with Crippen LogP contribution in [-0.2, 0) is 7.05 Å². The van der Waals surface area contributed by atoms with Crippen molar-refractivity contribution in [3.8, 4) is 0 Å². The molecule has 0 saturated carbocycles. The van der Waals surface area contributed by atoms with Crippen molar-refractivity contribution in [2.45, 2.75) is 0 Å². The van der Waals surface area contributed by atoms with Crippen molar-refractivity contribution in [3.05, 3.63) is 26.8 Å². The molecule has 0 radical (unpaired) electrons. The average molecular weight is 272 g/mol. The van der Waals surface area contributed by atoms with E-state index < -0.39 is 11.5 Å². The molecule has 2 rings (SSSR count). The van der Waals surface area contributed by atoms with Gasteiger partial charge in [-0.3, -0.25) is 4.79 Å². The second-order valence-electron chi connectivity index (χ2n) is 2.99. The van der Waals surface area contributed by atoms with Gasteiger partial charge in [0.2, 0.25) is 0 Å². The quantitative estimate of drug-likeness (QED) is 0.800. The number of nitrogens with one attached hydrogen (secondary N) is 1. The predicted molar refractivity (Wildman–Crippen MR) is 56.0 cm³/mol. The monoisotopic (exact) mass is 271 g/mol. The lowest BCUT2D eigenvalue weighted by atomic mass is 10.3. The van der Waals surface area contributed by atoms with Gasteiger partial charge in [0.1, 0.15) is 5.52 Å². The molecule has 2 aromatic rings. The minimum Gasteiger partial charge on any atom is -0.477 e. The summed E-state index contributed by atoms with van der Waals surface area (Å²) in [5, 5.41) is 8.97. The summed E-state index contributed by atoms with van der Waals surface area (Å²) < 4.78 is 1.45. The third kappa shape index (κ3) is 1.44. The van der Waals surface area contributed by atoms with Crippen molar-refractivity contribution in [1.29, 1.82) is 0 Å². The van der Waals surface area contributed by atoms with Crippen LogP contribution in [0.15, 0.2) is 15.6 Å². The molecule has 2 N–H and O–H groups in total. The van der Waals surface area contributed by atoms with Crippen LogP contribution in [0.5, 0.6) is 0 Å². The number of aromatic amines is 1. The Labute approximate surface area is 91.7 Å². The molecular formula is C8H6BrN3O3. The van der Waals surface area contributed by atoms with Gasteiger partial charge in [-0.25, -0.2) is 9.78 Å². The van der Waals surface area contributed by atoms with Crippen LogP contribution < -0.4 is 5.56 Å². The number of H-pyrrole nitrogens is 1. The Balaban J connectivity index is 3.01. The van der Waals surface area contributed by atoms with E-state index in [1.807, 2.05) is 0 Å². The molecule has 0 amide bonds. The minimum atomic E-state index is -1.18. The van der Waals surface area contributed by atoms with E-state index in [1.54, 1.807) is 0 Å². The first-order valence-electron chi connectivity index (χ1n) is 3.99. The highest BCUT2D eigenvalue weighted by molar-refractivity contribution is 9.10. The maximum absolute atomic E-state index is 11.4. The number of nitrogens with zero attached hydrogens (tertiary/aromatic N) is 2. The summed E-state index contributed by atoms with van der Waals surface area (Å²) >= 11 is 3.09. The van der Waals surface area contributed by atoms with Gasteiger partial charge < -0.3 is 14.7 Å². The van der Waals surface area contributed by atoms with Crippen molar-refractivity contribution < 1.29 is 9.90 Å². The van der Waals surface area contributed by atoms with E-state index in [4.69, 9.17) is 5.11 Å². The SMILES string of the molecule is Cn1c(C(=O)O)c2nc(Br)[nH]c2cc1=O. The zero-order valence-corrected chi connectivity index (χ0v) is 9.20. The Bertz CT molecular complexity index is 613. The van der Waals surface area contributed by atoms with Crippen molar-refractivity contribution in [2.75, 3.05) is 0 Å². The summed E-state index contributed by atoms with van der Waals surface area (Å²) in [5.41, 5.74) is 0.148. The van der Waals surface area contributed by atoms with Crippen molar-refractivity contribution in [2.24, 2.45) is 7.05 Å². The highest BCUT2D eigenvalue weighted by Crippen LogP contribution is 2.16. The second kappa shape index (κ2) is 3.20. The maximum atomic E-state index is 11.4. The third-order valence-corrected chi connectivity index (χ3v) is 2.44. The number of carboxylic acids is 1. The molecule has 0 spiro atoms. The summed E-state index contributed by atoms with van der Waals surface area (Å²) in [5.74, 6) is -1.18. The van der Waals surface area contributed by atoms with Gasteiger partial charge in [0.15, 0.2) is 10.4 Å². The Kier molecular flexibility index (Phi) is 2.11. The lowest BCUT2D eigenvalue weighted by Crippen LogP contribution is -2.22. The molecule has 0 aliphatic carbocycles. The van der Waals surface area contributed by atoms with E-state index in [-0.39, 0.29) is 11.2 Å². The highest BCUT2D eigenvalue weighted by Gasteiger charge is 2.16. The summed E-state index contributed by atoms with van der Waals surface area (Å²) in [6, 6.07) is 1.31. The van der Waals surface area contributed by atoms with E-state index in [9.17, 15) is 9.59 Å². The van der Waals surface area contributed by atoms with Crippen LogP contribution in [0.25, 0.3) is 11.0 Å². The van der Waals surface area contributed by atoms with Gasteiger partial charge in [-0.15, -0.1) is 0 Å². The number of carboxylic acid groups (broad SMARTS) is 1. The molecule has 78 valence electrons.